The normalized spacial score (nSPS) is 10.3. The van der Waals surface area contributed by atoms with Crippen LogP contribution in [0.3, 0.4) is 0 Å². The predicted octanol–water partition coefficient (Wildman–Crippen LogP) is 43.1. The van der Waals surface area contributed by atoms with Crippen LogP contribution in [-0.4, -0.2) is 0 Å². The van der Waals surface area contributed by atoms with Gasteiger partial charge in [-0.3, -0.25) is 0 Å². The first-order valence-electron chi connectivity index (χ1n) is 52.3. The molecule has 0 aliphatic heterocycles. The second-order valence-corrected chi connectivity index (χ2v) is 38.6. The van der Waals surface area contributed by atoms with Crippen LogP contribution in [0.4, 0.5) is 0 Å². The van der Waals surface area contributed by atoms with Crippen molar-refractivity contribution >= 4 is 53.9 Å². The van der Waals surface area contributed by atoms with Crippen molar-refractivity contribution in [2.24, 2.45) is 0 Å². The lowest BCUT2D eigenvalue weighted by Gasteiger charge is -2.16. The monoisotopic (exact) mass is 1890 g/mol. The van der Waals surface area contributed by atoms with Gasteiger partial charge in [-0.2, -0.15) is 0 Å². The van der Waals surface area contributed by atoms with Crippen LogP contribution >= 0.6 is 0 Å². The number of fused-ring (bicyclic) bond motifs is 5. The second kappa shape index (κ2) is 54.8. The molecule has 0 aliphatic carbocycles. The molecule has 0 aromatic heterocycles. The van der Waals surface area contributed by atoms with Gasteiger partial charge in [0.25, 0.3) is 0 Å². The van der Waals surface area contributed by atoms with Gasteiger partial charge in [0.2, 0.25) is 0 Å². The Hall–Kier alpha value is -14.3. The number of benzene rings is 20. The van der Waals surface area contributed by atoms with Gasteiger partial charge in [-0.15, -0.1) is 0 Å². The van der Waals surface area contributed by atoms with Crippen LogP contribution in [0.1, 0.15) is 200 Å². The predicted molar refractivity (Wildman–Crippen MR) is 646 cm³/mol. The van der Waals surface area contributed by atoms with Crippen LogP contribution in [0.5, 0.6) is 0 Å². The molecular formula is C144H162. The quantitative estimate of drug-likeness (QED) is 0.149. The maximum atomic E-state index is 2.34. The van der Waals surface area contributed by atoms with E-state index in [2.05, 4.69) is 544 Å². The van der Waals surface area contributed by atoms with Crippen LogP contribution in [0.25, 0.3) is 132 Å². The first kappa shape index (κ1) is 113. The summed E-state index contributed by atoms with van der Waals surface area (Å²) in [6.45, 7) is 72.3. The Bertz CT molecular complexity index is 7410. The number of aryl methyl sites for hydroxylation is 26. The van der Waals surface area contributed by atoms with E-state index < -0.39 is 0 Å². The molecule has 0 N–H and O–H groups in total. The molecule has 0 amide bonds. The van der Waals surface area contributed by atoms with Crippen molar-refractivity contribution < 1.29 is 0 Å². The zero-order valence-corrected chi connectivity index (χ0v) is 93.6. The van der Waals surface area contributed by atoms with Gasteiger partial charge < -0.3 is 0 Å². The molecule has 144 heavy (non-hydrogen) atoms. The summed E-state index contributed by atoms with van der Waals surface area (Å²) in [5.41, 5.74) is 53.2. The Kier molecular flexibility index (Phi) is 43.1. The molecule has 0 nitrogen and oxygen atoms in total. The molecule has 20 aromatic rings. The number of hydrogen-bond acceptors (Lipinski definition) is 0. The van der Waals surface area contributed by atoms with E-state index in [0.717, 1.165) is 0 Å². The Morgan fingerprint density at radius 2 is 0.285 bits per heavy atom. The maximum absolute atomic E-state index is 2.34. The van der Waals surface area contributed by atoms with Gasteiger partial charge in [0.1, 0.15) is 0 Å². The average Bonchev–Trinajstić information content (AvgIpc) is 0.756. The van der Waals surface area contributed by atoms with Crippen molar-refractivity contribution in [2.75, 3.05) is 0 Å². The molecule has 0 aliphatic rings. The van der Waals surface area contributed by atoms with Crippen LogP contribution in [-0.2, 0) is 0 Å². The van der Waals surface area contributed by atoms with Crippen molar-refractivity contribution in [3.05, 3.63) is 509 Å². The molecule has 738 valence electrons. The highest BCUT2D eigenvalue weighted by Gasteiger charge is 2.17. The van der Waals surface area contributed by atoms with E-state index in [-0.39, 0.29) is 0 Å². The van der Waals surface area contributed by atoms with E-state index in [9.17, 15) is 0 Å². The highest BCUT2D eigenvalue weighted by molar-refractivity contribution is 6.07. The summed E-state index contributed by atoms with van der Waals surface area (Å²) in [6, 6.07) is 132. The van der Waals surface area contributed by atoms with Crippen molar-refractivity contribution in [3.8, 4) is 77.9 Å². The SMILES string of the molecule is CC.CC.CC.CC.Cc1cc(-c2ccc(C)c(C)c2)c2cc(C)cc(-c3ccc(C)c(C)c3)c2c1.Cc1cc(-c2ccccc2)c2cc(C)cc(-c3ccccc3)c2c1.Cc1cc(-c2ccccc2)c2cc(C)ccc2c1.Cc1cc(C)c2cc(C)cc(C)c2c1.Cc1cc(C)c2cc(C)ccc2c1.Cc1ccc(C)c(-c2ccc(C)c(C)c2)c1.Cc1ccc(C)c(-c2ccccc2)c1.Cc1ccc(C)c(C)c1. The number of hydrogen-bond donors (Lipinski definition) is 0. The molecule has 0 heteroatoms. The third-order valence-corrected chi connectivity index (χ3v) is 26.4. The van der Waals surface area contributed by atoms with Crippen LogP contribution in [0.15, 0.2) is 364 Å². The van der Waals surface area contributed by atoms with Crippen LogP contribution < -0.4 is 0 Å². The summed E-state index contributed by atoms with van der Waals surface area (Å²) in [7, 11) is 0. The molecule has 0 fully saturated rings. The average molecular weight is 1890 g/mol. The van der Waals surface area contributed by atoms with E-state index in [0.29, 0.717) is 0 Å². The third kappa shape index (κ3) is 30.9. The summed E-state index contributed by atoms with van der Waals surface area (Å²) in [5, 5.41) is 13.5. The fourth-order valence-electron chi connectivity index (χ4n) is 18.5. The van der Waals surface area contributed by atoms with E-state index in [1.165, 1.54) is 276 Å². The molecule has 0 saturated carbocycles. The van der Waals surface area contributed by atoms with Crippen molar-refractivity contribution in [2.45, 2.75) is 235 Å². The Morgan fingerprint density at radius 3 is 0.597 bits per heavy atom. The van der Waals surface area contributed by atoms with Gasteiger partial charge >= 0.3 is 0 Å². The largest absolute Gasteiger partial charge is 0.0683 e. The van der Waals surface area contributed by atoms with Gasteiger partial charge in [-0.1, -0.05) is 464 Å². The summed E-state index contributed by atoms with van der Waals surface area (Å²) in [6.07, 6.45) is 0. The molecule has 0 heterocycles. The molecule has 0 saturated heterocycles. The highest BCUT2D eigenvalue weighted by Crippen LogP contribution is 2.42. The zero-order valence-electron chi connectivity index (χ0n) is 93.6. The molecule has 0 radical (unpaired) electrons. The highest BCUT2D eigenvalue weighted by atomic mass is 14.2. The van der Waals surface area contributed by atoms with E-state index >= 15 is 0 Å². The lowest BCUT2D eigenvalue weighted by Crippen LogP contribution is -1.91. The molecule has 20 aromatic carbocycles. The minimum atomic E-state index is 1.27. The molecule has 20 rings (SSSR count). The first-order valence-corrected chi connectivity index (χ1v) is 52.3. The van der Waals surface area contributed by atoms with E-state index in [1.54, 1.807) is 0 Å². The summed E-state index contributed by atoms with van der Waals surface area (Å²) in [5.74, 6) is 0. The van der Waals surface area contributed by atoms with Crippen molar-refractivity contribution in [3.63, 3.8) is 0 Å². The standard InChI is InChI=1S/C28H28.C24H20.C18H16.C16H18.C14H16.C14H14.C13H14.C9H12.4C2H6/c1-17-11-25(23-9-7-19(3)21(5)15-23)28-14-18(2)12-26(27(28)13-17)24-10-8-20(4)22(6)16-24;1-17-13-21(19-9-5-3-6-10-19)24-16-18(2)14-22(23(24)15-17)20-11-7-4-8-12-20;1-13-8-9-16-10-14(2)12-17(18(16)11-13)15-6-4-3-5-7-15;1-11-5-6-13(3)16(9-11)15-8-7-12(2)14(4)10-15;1-9-5-11(3)14-8-10(2)6-12(4)13(14)7-9;1-11-8-9-12(2)14(10-11)13-6-4-3-5-7-13;1-9-4-5-12-7-10(2)6-11(3)13(12)8-9;1-7-4-5-8(2)9(3)6-7;4*1-2/h7-16H,1-6H3;3-16H,1-2H3;3-12H,1-2H3;5-10H,1-4H3;5-8H,1-4H3;3-10H,1-2H3;4-8H,1-3H3;4-6H,1-3H3;4*1-2H3. The van der Waals surface area contributed by atoms with Gasteiger partial charge in [0.05, 0.1) is 0 Å². The third-order valence-electron chi connectivity index (χ3n) is 26.4. The van der Waals surface area contributed by atoms with Crippen molar-refractivity contribution in [1.82, 2.24) is 0 Å². The lowest BCUT2D eigenvalue weighted by molar-refractivity contribution is 1.30. The Balaban J connectivity index is 0.000000185. The van der Waals surface area contributed by atoms with Gasteiger partial charge in [0, 0.05) is 0 Å². The van der Waals surface area contributed by atoms with Gasteiger partial charge in [-0.25, -0.2) is 0 Å². The molecule has 0 bridgehead atoms. The Morgan fingerprint density at radius 1 is 0.0972 bits per heavy atom. The summed E-state index contributed by atoms with van der Waals surface area (Å²) >= 11 is 0. The number of rotatable bonds is 7. The zero-order chi connectivity index (χ0) is 105. The van der Waals surface area contributed by atoms with E-state index in [4.69, 9.17) is 0 Å². The smallest absolute Gasteiger partial charge is 0.00963 e. The minimum Gasteiger partial charge on any atom is -0.0683 e. The Labute approximate surface area is 869 Å². The van der Waals surface area contributed by atoms with Gasteiger partial charge in [0.15, 0.2) is 0 Å². The fraction of sp³-hybridized carbons (Fsp3) is 0.236. The van der Waals surface area contributed by atoms with Crippen molar-refractivity contribution in [1.29, 1.82) is 0 Å². The fourth-order valence-corrected chi connectivity index (χ4v) is 18.5. The van der Waals surface area contributed by atoms with E-state index in [1.807, 2.05) is 55.4 Å². The topological polar surface area (TPSA) is 0 Å². The van der Waals surface area contributed by atoms with Gasteiger partial charge in [-0.05, 0) is 412 Å². The lowest BCUT2D eigenvalue weighted by atomic mass is 9.88. The molecule has 0 spiro atoms. The second-order valence-electron chi connectivity index (χ2n) is 38.6. The maximum Gasteiger partial charge on any atom is -0.00963 e. The minimum absolute atomic E-state index is 1.27. The molecule has 0 unspecified atom stereocenters. The molecule has 0 atom stereocenters. The summed E-state index contributed by atoms with van der Waals surface area (Å²) in [4.78, 5) is 0. The first-order chi connectivity index (χ1) is 69.1. The molecular weight excluding hydrogens is 1730 g/mol. The summed E-state index contributed by atoms with van der Waals surface area (Å²) < 4.78 is 0. The van der Waals surface area contributed by atoms with Crippen LogP contribution in [0, 0.1) is 180 Å². The van der Waals surface area contributed by atoms with Crippen LogP contribution in [0.2, 0.25) is 0 Å².